The summed E-state index contributed by atoms with van der Waals surface area (Å²) < 4.78 is 2.74. The SMILES string of the molecule is Cc1cc2c(cc1N1c3cc(-c4ccccc4)ccc3B3c4c1cc1c(sc5ccccc51)c4-c1ccc4c(c1N3c1ccc3c(c1)C(C)(C)CCC3(C)C)C(C)(C)c1cc3c(cc1-4)C(C)(C)CCC3(C)C)C(C)(C)CCC2(C)C. The Labute approximate surface area is 481 Å². The average Bonchev–Trinajstić information content (AvgIpc) is 4.10. The Morgan fingerprint density at radius 1 is 0.425 bits per heavy atom. The van der Waals surface area contributed by atoms with E-state index in [2.05, 4.69) is 247 Å². The molecule has 0 spiro atoms. The van der Waals surface area contributed by atoms with Gasteiger partial charge >= 0.3 is 6.85 Å². The minimum atomic E-state index is -0.299. The number of hydrogen-bond donors (Lipinski definition) is 0. The molecule has 4 aliphatic carbocycles. The number of rotatable bonds is 3. The maximum Gasteiger partial charge on any atom is 0.333 e. The maximum absolute atomic E-state index is 2.91. The van der Waals surface area contributed by atoms with Crippen molar-refractivity contribution in [3.05, 3.63) is 184 Å². The summed E-state index contributed by atoms with van der Waals surface area (Å²) in [5.41, 5.74) is 30.8. The van der Waals surface area contributed by atoms with Crippen molar-refractivity contribution in [2.45, 2.75) is 180 Å². The molecule has 402 valence electrons. The Morgan fingerprint density at radius 2 is 1.00 bits per heavy atom. The molecule has 8 aromatic carbocycles. The molecule has 9 aromatic rings. The van der Waals surface area contributed by atoms with Crippen LogP contribution in [0.4, 0.5) is 28.4 Å². The third-order valence-electron chi connectivity index (χ3n) is 21.9. The maximum atomic E-state index is 2.91. The first-order valence-electron chi connectivity index (χ1n) is 30.2. The smallest absolute Gasteiger partial charge is 0.333 e. The van der Waals surface area contributed by atoms with Crippen LogP contribution >= 0.6 is 11.3 Å². The molecule has 0 radical (unpaired) electrons. The standard InChI is InChI=1S/C76H79BN2S/c1-44-37-55-59(75(12,13)36-33-71(55,4)5)43-61(44)78-62-38-46(45-21-17-16-18-22-45)25-30-60(62)77-67-63(78)41-52-48-23-19-20-24-64(48)80-69(52)65(67)50-28-27-49-51-40-57-58(74(10,11)35-34-73(57,8)9)42-54(51)76(14,15)66(49)68(50)79(77)47-26-29-53-56(39-47)72(6,7)32-31-70(53,2)3/h16-30,37-43H,31-36H2,1-15H3. The van der Waals surface area contributed by atoms with Crippen LogP contribution in [0.3, 0.4) is 0 Å². The Bertz CT molecular complexity index is 4190. The van der Waals surface area contributed by atoms with Crippen LogP contribution in [0.25, 0.3) is 53.6 Å². The number of anilines is 5. The molecule has 4 heteroatoms. The lowest BCUT2D eigenvalue weighted by Gasteiger charge is -2.49. The summed E-state index contributed by atoms with van der Waals surface area (Å²) in [6.07, 6.45) is 7.09. The molecule has 2 nitrogen and oxygen atoms in total. The molecular weight excluding hydrogens is 984 g/mol. The van der Waals surface area contributed by atoms with E-state index in [0.29, 0.717) is 0 Å². The number of thiophene rings is 1. The van der Waals surface area contributed by atoms with Crippen molar-refractivity contribution in [1.82, 2.24) is 0 Å². The third kappa shape index (κ3) is 6.84. The van der Waals surface area contributed by atoms with Crippen molar-refractivity contribution in [2.24, 2.45) is 0 Å². The highest BCUT2D eigenvalue weighted by Gasteiger charge is 2.52. The average molecular weight is 1060 g/mol. The number of aryl methyl sites for hydroxylation is 1. The zero-order chi connectivity index (χ0) is 55.7. The molecule has 15 rings (SSSR count). The molecule has 80 heavy (non-hydrogen) atoms. The molecule has 0 unspecified atom stereocenters. The van der Waals surface area contributed by atoms with Gasteiger partial charge in [-0.25, -0.2) is 0 Å². The van der Waals surface area contributed by atoms with E-state index < -0.39 is 0 Å². The first-order valence-corrected chi connectivity index (χ1v) is 31.1. The third-order valence-corrected chi connectivity index (χ3v) is 23.1. The van der Waals surface area contributed by atoms with Gasteiger partial charge in [0.15, 0.2) is 0 Å². The Kier molecular flexibility index (Phi) is 10.3. The van der Waals surface area contributed by atoms with Crippen molar-refractivity contribution >= 4 is 77.7 Å². The van der Waals surface area contributed by atoms with E-state index in [1.54, 1.807) is 5.56 Å². The lowest BCUT2D eigenvalue weighted by Crippen LogP contribution is -2.62. The van der Waals surface area contributed by atoms with Crippen molar-refractivity contribution < 1.29 is 0 Å². The highest BCUT2D eigenvalue weighted by molar-refractivity contribution is 7.26. The summed E-state index contributed by atoms with van der Waals surface area (Å²) in [5.74, 6) is 0. The van der Waals surface area contributed by atoms with E-state index in [0.717, 1.165) is 12.8 Å². The van der Waals surface area contributed by atoms with Gasteiger partial charge in [-0.1, -0.05) is 188 Å². The van der Waals surface area contributed by atoms with Gasteiger partial charge in [-0.05, 0) is 204 Å². The van der Waals surface area contributed by atoms with Gasteiger partial charge in [-0.3, -0.25) is 0 Å². The van der Waals surface area contributed by atoms with Gasteiger partial charge in [0.1, 0.15) is 0 Å². The van der Waals surface area contributed by atoms with Crippen molar-refractivity contribution in [3.63, 3.8) is 0 Å². The summed E-state index contributed by atoms with van der Waals surface area (Å²) in [7, 11) is 0. The van der Waals surface area contributed by atoms with E-state index in [-0.39, 0.29) is 44.8 Å². The lowest BCUT2D eigenvalue weighted by molar-refractivity contribution is 0.331. The van der Waals surface area contributed by atoms with Crippen LogP contribution in [0.1, 0.15) is 186 Å². The summed E-state index contributed by atoms with van der Waals surface area (Å²) in [6, 6.07) is 54.0. The van der Waals surface area contributed by atoms with Gasteiger partial charge < -0.3 is 9.71 Å². The molecule has 0 atom stereocenters. The highest BCUT2D eigenvalue weighted by atomic mass is 32.1. The molecule has 0 amide bonds. The van der Waals surface area contributed by atoms with Crippen molar-refractivity contribution in [3.8, 4) is 33.4 Å². The fourth-order valence-corrected chi connectivity index (χ4v) is 17.9. The van der Waals surface area contributed by atoms with E-state index in [4.69, 9.17) is 0 Å². The monoisotopic (exact) mass is 1060 g/mol. The highest BCUT2D eigenvalue weighted by Crippen LogP contribution is 2.62. The predicted octanol–water partition coefficient (Wildman–Crippen LogP) is 20.1. The lowest BCUT2D eigenvalue weighted by atomic mass is 9.43. The number of fused-ring (bicyclic) bond motifs is 15. The van der Waals surface area contributed by atoms with Crippen LogP contribution in [0, 0.1) is 6.92 Å². The second-order valence-corrected chi connectivity index (χ2v) is 31.1. The largest absolute Gasteiger partial charge is 0.376 e. The van der Waals surface area contributed by atoms with Gasteiger partial charge in [-0.15, -0.1) is 11.3 Å². The summed E-state index contributed by atoms with van der Waals surface area (Å²) >= 11 is 2.00. The fourth-order valence-electron chi connectivity index (χ4n) is 16.7. The second-order valence-electron chi connectivity index (χ2n) is 30.1. The fraction of sp³-hybridized carbons (Fsp3) is 0.368. The first-order chi connectivity index (χ1) is 37.8. The molecule has 0 bridgehead atoms. The molecule has 0 saturated heterocycles. The van der Waals surface area contributed by atoms with Crippen LogP contribution in [-0.2, 0) is 37.9 Å². The van der Waals surface area contributed by atoms with Gasteiger partial charge in [0, 0.05) is 65.2 Å². The van der Waals surface area contributed by atoms with Gasteiger partial charge in [0.05, 0.1) is 0 Å². The Hall–Kier alpha value is -6.36. The molecule has 0 fully saturated rings. The molecule has 1 aromatic heterocycles. The van der Waals surface area contributed by atoms with Crippen LogP contribution in [-0.4, -0.2) is 6.85 Å². The number of hydrogen-bond acceptors (Lipinski definition) is 3. The summed E-state index contributed by atoms with van der Waals surface area (Å²) in [5, 5.41) is 2.69. The molecule has 0 N–H and O–H groups in total. The zero-order valence-electron chi connectivity index (χ0n) is 50.3. The van der Waals surface area contributed by atoms with Crippen LogP contribution in [0.15, 0.2) is 133 Å². The van der Waals surface area contributed by atoms with E-state index in [9.17, 15) is 0 Å². The Balaban J connectivity index is 1.11. The minimum Gasteiger partial charge on any atom is -0.376 e. The van der Waals surface area contributed by atoms with Gasteiger partial charge in [-0.2, -0.15) is 0 Å². The molecule has 6 aliphatic rings. The molecule has 3 heterocycles. The van der Waals surface area contributed by atoms with Crippen LogP contribution in [0.5, 0.6) is 0 Å². The molecule has 2 aliphatic heterocycles. The van der Waals surface area contributed by atoms with Crippen molar-refractivity contribution in [1.29, 1.82) is 0 Å². The molecule has 0 saturated carbocycles. The van der Waals surface area contributed by atoms with E-state index in [1.165, 1.54) is 163 Å². The van der Waals surface area contributed by atoms with Gasteiger partial charge in [0.25, 0.3) is 0 Å². The summed E-state index contributed by atoms with van der Waals surface area (Å²) in [6.45, 7) is 37.3. The number of nitrogens with zero attached hydrogens (tertiary/aromatic N) is 2. The normalized spacial score (nSPS) is 20.3. The van der Waals surface area contributed by atoms with Gasteiger partial charge in [0.2, 0.25) is 0 Å². The van der Waals surface area contributed by atoms with E-state index in [1.807, 2.05) is 11.3 Å². The van der Waals surface area contributed by atoms with E-state index >= 15 is 0 Å². The quantitative estimate of drug-likeness (QED) is 0.163. The first kappa shape index (κ1) is 50.6. The van der Waals surface area contributed by atoms with Crippen LogP contribution in [0.2, 0.25) is 0 Å². The Morgan fingerprint density at radius 3 is 1.68 bits per heavy atom. The van der Waals surface area contributed by atoms with Crippen molar-refractivity contribution in [2.75, 3.05) is 9.71 Å². The molecular formula is C76H79BN2S. The second kappa shape index (κ2) is 16.2. The number of benzene rings is 8. The van der Waals surface area contributed by atoms with Crippen LogP contribution < -0.4 is 20.6 Å². The zero-order valence-corrected chi connectivity index (χ0v) is 51.1. The summed E-state index contributed by atoms with van der Waals surface area (Å²) in [4.78, 5) is 5.65. The topological polar surface area (TPSA) is 6.48 Å². The minimum absolute atomic E-state index is 0.0246. The predicted molar refractivity (Wildman–Crippen MR) is 347 cm³/mol.